The lowest BCUT2D eigenvalue weighted by Gasteiger charge is -2.42. The van der Waals surface area contributed by atoms with Gasteiger partial charge in [0.15, 0.2) is 0 Å². The summed E-state index contributed by atoms with van der Waals surface area (Å²) >= 11 is 0. The Balaban J connectivity index is 1.42. The average Bonchev–Trinajstić information content (AvgIpc) is 2.86. The Morgan fingerprint density at radius 2 is 1.69 bits per heavy atom. The molecule has 3 heterocycles. The van der Waals surface area contributed by atoms with E-state index >= 15 is 0 Å². The molecular weight excluding hydrogens is 509 g/mol. The first-order valence-electron chi connectivity index (χ1n) is 11.2. The number of rotatable bonds is 6. The maximum absolute atomic E-state index is 13.5. The average molecular weight is 534 g/mol. The number of ether oxygens (including phenoxy) is 1. The van der Waals surface area contributed by atoms with Gasteiger partial charge in [0.25, 0.3) is 15.6 Å². The number of hydrogen-bond donors (Lipinski definition) is 1. The number of benzene rings is 2. The van der Waals surface area contributed by atoms with E-state index in [1.165, 1.54) is 46.3 Å². The molecule has 9 nitrogen and oxygen atoms in total. The van der Waals surface area contributed by atoms with Gasteiger partial charge in [0, 0.05) is 31.2 Å². The highest BCUT2D eigenvalue weighted by Gasteiger charge is 2.40. The molecule has 0 aliphatic carbocycles. The van der Waals surface area contributed by atoms with Crippen molar-refractivity contribution in [2.45, 2.75) is 28.7 Å². The van der Waals surface area contributed by atoms with Crippen LogP contribution in [0.5, 0.6) is 5.75 Å². The van der Waals surface area contributed by atoms with Crippen molar-refractivity contribution in [1.29, 1.82) is 0 Å². The van der Waals surface area contributed by atoms with Crippen molar-refractivity contribution >= 4 is 25.7 Å². The Labute approximate surface area is 208 Å². The number of aromatic nitrogens is 1. The van der Waals surface area contributed by atoms with E-state index in [0.717, 1.165) is 18.6 Å². The van der Waals surface area contributed by atoms with Crippen LogP contribution < -0.4 is 15.0 Å². The van der Waals surface area contributed by atoms with E-state index in [9.17, 15) is 26.0 Å². The molecule has 1 saturated heterocycles. The number of nitrogens with zero attached hydrogens (tertiary/aromatic N) is 2. The molecule has 1 aromatic heterocycles. The molecule has 5 rings (SSSR count). The SMILES string of the molecule is COc1ccc(S(=O)(=O)N2CC3CC(C2)c2ccc(NS(=O)(=O)c4cccc(F)c4)c(=O)n2C3)cc1. The van der Waals surface area contributed by atoms with Crippen molar-refractivity contribution in [2.24, 2.45) is 5.92 Å². The van der Waals surface area contributed by atoms with Gasteiger partial charge in [0.2, 0.25) is 10.0 Å². The Morgan fingerprint density at radius 1 is 0.944 bits per heavy atom. The maximum atomic E-state index is 13.5. The summed E-state index contributed by atoms with van der Waals surface area (Å²) < 4.78 is 75.8. The minimum atomic E-state index is -4.17. The zero-order valence-electron chi connectivity index (χ0n) is 19.3. The molecule has 190 valence electrons. The van der Waals surface area contributed by atoms with Crippen LogP contribution in [0, 0.1) is 11.7 Å². The topological polar surface area (TPSA) is 115 Å². The first-order valence-corrected chi connectivity index (χ1v) is 14.2. The number of fused-ring (bicyclic) bond motifs is 4. The minimum absolute atomic E-state index is 0.114. The van der Waals surface area contributed by atoms with Crippen molar-refractivity contribution in [3.8, 4) is 5.75 Å². The third-order valence-electron chi connectivity index (χ3n) is 6.62. The van der Waals surface area contributed by atoms with Crippen molar-refractivity contribution in [3.05, 3.63) is 82.5 Å². The summed E-state index contributed by atoms with van der Waals surface area (Å²) in [4.78, 5) is 13.1. The second-order valence-electron chi connectivity index (χ2n) is 8.95. The van der Waals surface area contributed by atoms with Crippen LogP contribution in [0.1, 0.15) is 18.0 Å². The zero-order valence-corrected chi connectivity index (χ0v) is 20.9. The fourth-order valence-electron chi connectivity index (χ4n) is 4.91. The molecule has 12 heteroatoms. The second-order valence-corrected chi connectivity index (χ2v) is 12.6. The number of hydrogen-bond acceptors (Lipinski definition) is 6. The van der Waals surface area contributed by atoms with Gasteiger partial charge in [0.1, 0.15) is 17.3 Å². The maximum Gasteiger partial charge on any atom is 0.275 e. The van der Waals surface area contributed by atoms with E-state index in [4.69, 9.17) is 4.74 Å². The highest BCUT2D eigenvalue weighted by atomic mass is 32.2. The van der Waals surface area contributed by atoms with Gasteiger partial charge in [0.05, 0.1) is 16.9 Å². The molecule has 3 aromatic rings. The molecule has 1 N–H and O–H groups in total. The first-order chi connectivity index (χ1) is 17.1. The molecular formula is C24H24FN3O6S2. The van der Waals surface area contributed by atoms with Gasteiger partial charge >= 0.3 is 0 Å². The van der Waals surface area contributed by atoms with Gasteiger partial charge in [-0.15, -0.1) is 0 Å². The summed E-state index contributed by atoms with van der Waals surface area (Å²) in [6.07, 6.45) is 0.725. The van der Waals surface area contributed by atoms with E-state index in [-0.39, 0.29) is 46.9 Å². The summed E-state index contributed by atoms with van der Waals surface area (Å²) in [5.74, 6) is -0.479. The Hall–Kier alpha value is -3.22. The van der Waals surface area contributed by atoms with Crippen LogP contribution in [-0.2, 0) is 26.6 Å². The monoisotopic (exact) mass is 533 g/mol. The molecule has 2 aromatic carbocycles. The van der Waals surface area contributed by atoms with Gasteiger partial charge in [-0.2, -0.15) is 4.31 Å². The third kappa shape index (κ3) is 4.40. The highest BCUT2D eigenvalue weighted by molar-refractivity contribution is 7.92. The number of methoxy groups -OCH3 is 1. The van der Waals surface area contributed by atoms with Crippen LogP contribution in [0.2, 0.25) is 0 Å². The lowest BCUT2D eigenvalue weighted by molar-refractivity contribution is 0.186. The molecule has 36 heavy (non-hydrogen) atoms. The molecule has 2 bridgehead atoms. The van der Waals surface area contributed by atoms with Crippen LogP contribution in [0.15, 0.2) is 75.2 Å². The normalized spacial score (nSPS) is 19.9. The van der Waals surface area contributed by atoms with E-state index in [2.05, 4.69) is 4.72 Å². The second kappa shape index (κ2) is 9.02. The summed E-state index contributed by atoms with van der Waals surface area (Å²) in [6.45, 7) is 0.712. The van der Waals surface area contributed by atoms with Crippen molar-refractivity contribution in [1.82, 2.24) is 8.87 Å². The smallest absolute Gasteiger partial charge is 0.275 e. The van der Waals surface area contributed by atoms with Crippen molar-refractivity contribution in [3.63, 3.8) is 0 Å². The van der Waals surface area contributed by atoms with Crippen LogP contribution in [-0.4, -0.2) is 45.9 Å². The van der Waals surface area contributed by atoms with Gasteiger partial charge in [-0.3, -0.25) is 9.52 Å². The van der Waals surface area contributed by atoms with Crippen molar-refractivity contribution in [2.75, 3.05) is 24.9 Å². The predicted octanol–water partition coefficient (Wildman–Crippen LogP) is 2.60. The summed E-state index contributed by atoms with van der Waals surface area (Å²) in [7, 11) is -6.40. The number of piperidine rings is 1. The summed E-state index contributed by atoms with van der Waals surface area (Å²) in [6, 6.07) is 13.8. The largest absolute Gasteiger partial charge is 0.497 e. The quantitative estimate of drug-likeness (QED) is 0.521. The Kier molecular flexibility index (Phi) is 6.13. The minimum Gasteiger partial charge on any atom is -0.497 e. The molecule has 0 saturated carbocycles. The molecule has 2 atom stereocenters. The van der Waals surface area contributed by atoms with Crippen LogP contribution in [0.3, 0.4) is 0 Å². The lowest BCUT2D eigenvalue weighted by Crippen LogP contribution is -2.49. The fourth-order valence-corrected chi connectivity index (χ4v) is 7.56. The molecule has 2 aliphatic rings. The fraction of sp³-hybridized carbons (Fsp3) is 0.292. The number of sulfonamides is 2. The Bertz CT molecular complexity index is 1590. The van der Waals surface area contributed by atoms with Gasteiger partial charge in [-0.05, 0) is 66.9 Å². The standard InChI is InChI=1S/C24H24FN3O6S2/c1-34-19-5-7-20(8-6-19)36(32,33)27-13-16-11-17(15-27)23-10-9-22(24(29)28(23)14-16)26-35(30,31)21-4-2-3-18(25)12-21/h2-10,12,16-17,26H,11,13-15H2,1H3. The molecule has 2 unspecified atom stereocenters. The van der Waals surface area contributed by atoms with Crippen LogP contribution >= 0.6 is 0 Å². The van der Waals surface area contributed by atoms with Crippen molar-refractivity contribution < 1.29 is 26.0 Å². The lowest BCUT2D eigenvalue weighted by atomic mass is 9.84. The molecule has 0 amide bonds. The predicted molar refractivity (Wildman–Crippen MR) is 131 cm³/mol. The first kappa shape index (κ1) is 24.5. The van der Waals surface area contributed by atoms with E-state index in [1.54, 1.807) is 18.2 Å². The number of nitrogens with one attached hydrogen (secondary N) is 1. The number of pyridine rings is 1. The van der Waals surface area contributed by atoms with Gasteiger partial charge in [-0.25, -0.2) is 21.2 Å². The number of anilines is 1. The molecule has 0 spiro atoms. The molecule has 0 radical (unpaired) electrons. The van der Waals surface area contributed by atoms with Crippen LogP contribution in [0.4, 0.5) is 10.1 Å². The van der Waals surface area contributed by atoms with E-state index in [0.29, 0.717) is 11.4 Å². The number of halogens is 1. The van der Waals surface area contributed by atoms with Crippen LogP contribution in [0.25, 0.3) is 0 Å². The van der Waals surface area contributed by atoms with E-state index in [1.807, 2.05) is 0 Å². The Morgan fingerprint density at radius 3 is 2.39 bits per heavy atom. The molecule has 1 fully saturated rings. The highest BCUT2D eigenvalue weighted by Crippen LogP contribution is 2.37. The summed E-state index contributed by atoms with van der Waals surface area (Å²) in [5.41, 5.74) is -0.0149. The molecule has 2 aliphatic heterocycles. The van der Waals surface area contributed by atoms with E-state index < -0.39 is 31.4 Å². The third-order valence-corrected chi connectivity index (χ3v) is 9.83. The zero-order chi connectivity index (χ0) is 25.7. The van der Waals surface area contributed by atoms with Gasteiger partial charge < -0.3 is 9.30 Å². The van der Waals surface area contributed by atoms with Gasteiger partial charge in [-0.1, -0.05) is 6.07 Å². The summed E-state index contributed by atoms with van der Waals surface area (Å²) in [5, 5.41) is 0.